The van der Waals surface area contributed by atoms with E-state index in [4.69, 9.17) is 0 Å². The first-order valence-corrected chi connectivity index (χ1v) is 10.6. The Kier molecular flexibility index (Phi) is 4.44. The minimum absolute atomic E-state index is 0.318. The van der Waals surface area contributed by atoms with E-state index in [1.54, 1.807) is 0 Å². The van der Waals surface area contributed by atoms with Gasteiger partial charge >= 0.3 is 0 Å². The van der Waals surface area contributed by atoms with Crippen molar-refractivity contribution in [2.75, 3.05) is 0 Å². The molecule has 0 aromatic carbocycles. The van der Waals surface area contributed by atoms with Crippen LogP contribution in [0.4, 0.5) is 0 Å². The van der Waals surface area contributed by atoms with Crippen molar-refractivity contribution in [3.05, 3.63) is 0 Å². The average molecular weight is 330 g/mol. The lowest BCUT2D eigenvalue weighted by molar-refractivity contribution is -0.0996. The summed E-state index contributed by atoms with van der Waals surface area (Å²) in [6.45, 7) is 4.50. The molecule has 1 N–H and O–H groups in total. The SMILES string of the molecule is C[C@H]1C[C@H]2[C@@H](CC[C@@H]3C[C@](C)(O)CC[C@@H]32)[C@@H]2CCCC[C@H](C#N)[C@H]21. The van der Waals surface area contributed by atoms with E-state index >= 15 is 0 Å². The molecule has 0 heterocycles. The van der Waals surface area contributed by atoms with Crippen LogP contribution in [0.15, 0.2) is 0 Å². The summed E-state index contributed by atoms with van der Waals surface area (Å²) >= 11 is 0. The molecule has 134 valence electrons. The summed E-state index contributed by atoms with van der Waals surface area (Å²) in [6.07, 6.45) is 12.5. The minimum Gasteiger partial charge on any atom is -0.390 e. The number of nitrogens with zero attached hydrogens (tertiary/aromatic N) is 1. The van der Waals surface area contributed by atoms with Crippen LogP contribution in [0, 0.1) is 58.7 Å². The minimum atomic E-state index is -0.412. The van der Waals surface area contributed by atoms with Gasteiger partial charge in [0.05, 0.1) is 11.7 Å². The highest BCUT2D eigenvalue weighted by Gasteiger charge is 2.53. The standard InChI is InChI=1S/C22H35NO/c1-14-11-20-17-9-10-22(2,24)12-15(17)7-8-18(20)19-6-4-3-5-16(13-23)21(14)19/h14-21,24H,3-12H2,1-2H3/t14-,15+,16+,17-,18-,19-,20+,21+,22+/m0/s1. The van der Waals surface area contributed by atoms with Crippen LogP contribution < -0.4 is 0 Å². The maximum absolute atomic E-state index is 10.5. The smallest absolute Gasteiger partial charge is 0.0658 e. The molecular weight excluding hydrogens is 294 g/mol. The first-order chi connectivity index (χ1) is 11.5. The molecule has 4 rings (SSSR count). The highest BCUT2D eigenvalue weighted by Crippen LogP contribution is 2.59. The normalized spacial score (nSPS) is 54.6. The van der Waals surface area contributed by atoms with E-state index in [-0.39, 0.29) is 0 Å². The summed E-state index contributed by atoms with van der Waals surface area (Å²) in [4.78, 5) is 0. The summed E-state index contributed by atoms with van der Waals surface area (Å²) in [6, 6.07) is 2.70. The fourth-order valence-electron chi connectivity index (χ4n) is 7.71. The zero-order valence-electron chi connectivity index (χ0n) is 15.6. The third kappa shape index (κ3) is 2.82. The third-order valence-corrected chi connectivity index (χ3v) is 8.57. The highest BCUT2D eigenvalue weighted by atomic mass is 16.3. The molecule has 0 amide bonds. The Labute approximate surface area is 148 Å². The Balaban J connectivity index is 1.58. The quantitative estimate of drug-likeness (QED) is 0.666. The summed E-state index contributed by atoms with van der Waals surface area (Å²) in [5.41, 5.74) is -0.412. The first-order valence-electron chi connectivity index (χ1n) is 10.6. The van der Waals surface area contributed by atoms with Crippen LogP contribution in [-0.4, -0.2) is 10.7 Å². The molecule has 9 atom stereocenters. The van der Waals surface area contributed by atoms with Crippen LogP contribution in [0.5, 0.6) is 0 Å². The van der Waals surface area contributed by atoms with Crippen LogP contribution in [0.1, 0.15) is 78.1 Å². The largest absolute Gasteiger partial charge is 0.390 e. The van der Waals surface area contributed by atoms with Crippen molar-refractivity contribution in [3.63, 3.8) is 0 Å². The lowest BCUT2D eigenvalue weighted by Crippen LogP contribution is -2.50. The molecular formula is C22H35NO. The average Bonchev–Trinajstić information content (AvgIpc) is 2.76. The van der Waals surface area contributed by atoms with Gasteiger partial charge < -0.3 is 5.11 Å². The van der Waals surface area contributed by atoms with Gasteiger partial charge in [0.1, 0.15) is 0 Å². The molecule has 0 unspecified atom stereocenters. The predicted octanol–water partition coefficient (Wildman–Crippen LogP) is 5.17. The molecule has 0 spiro atoms. The molecule has 0 saturated heterocycles. The van der Waals surface area contributed by atoms with Crippen molar-refractivity contribution in [1.29, 1.82) is 5.26 Å². The highest BCUT2D eigenvalue weighted by molar-refractivity contribution is 5.05. The molecule has 0 radical (unpaired) electrons. The molecule has 0 aromatic heterocycles. The maximum Gasteiger partial charge on any atom is 0.0658 e. The molecule has 24 heavy (non-hydrogen) atoms. The Morgan fingerprint density at radius 2 is 1.75 bits per heavy atom. The zero-order valence-corrected chi connectivity index (χ0v) is 15.6. The van der Waals surface area contributed by atoms with Gasteiger partial charge in [0.2, 0.25) is 0 Å². The number of nitriles is 1. The molecule has 4 aliphatic carbocycles. The molecule has 4 fully saturated rings. The Bertz CT molecular complexity index is 507. The second kappa shape index (κ2) is 6.31. The Morgan fingerprint density at radius 3 is 2.54 bits per heavy atom. The van der Waals surface area contributed by atoms with Gasteiger partial charge in [-0.25, -0.2) is 0 Å². The Morgan fingerprint density at radius 1 is 0.958 bits per heavy atom. The maximum atomic E-state index is 10.5. The van der Waals surface area contributed by atoms with Crippen LogP contribution in [-0.2, 0) is 0 Å². The van der Waals surface area contributed by atoms with E-state index in [2.05, 4.69) is 19.9 Å². The van der Waals surface area contributed by atoms with E-state index in [1.807, 2.05) is 0 Å². The molecule has 2 heteroatoms. The van der Waals surface area contributed by atoms with Crippen molar-refractivity contribution >= 4 is 0 Å². The number of fused-ring (bicyclic) bond motifs is 5. The van der Waals surface area contributed by atoms with Gasteiger partial charge in [-0.1, -0.05) is 19.8 Å². The van der Waals surface area contributed by atoms with Crippen LogP contribution >= 0.6 is 0 Å². The van der Waals surface area contributed by atoms with Gasteiger partial charge in [0.25, 0.3) is 0 Å². The molecule has 4 aliphatic rings. The fraction of sp³-hybridized carbons (Fsp3) is 0.955. The Hall–Kier alpha value is -0.550. The molecule has 0 aliphatic heterocycles. The second-order valence-corrected chi connectivity index (χ2v) is 10.0. The number of aliphatic hydroxyl groups is 1. The van der Waals surface area contributed by atoms with Gasteiger partial charge in [-0.05, 0) is 99.7 Å². The second-order valence-electron chi connectivity index (χ2n) is 10.0. The van der Waals surface area contributed by atoms with E-state index < -0.39 is 5.60 Å². The fourth-order valence-corrected chi connectivity index (χ4v) is 7.71. The van der Waals surface area contributed by atoms with Gasteiger partial charge in [-0.3, -0.25) is 0 Å². The van der Waals surface area contributed by atoms with Crippen molar-refractivity contribution < 1.29 is 5.11 Å². The van der Waals surface area contributed by atoms with Gasteiger partial charge in [-0.15, -0.1) is 0 Å². The van der Waals surface area contributed by atoms with Crippen molar-refractivity contribution in [2.24, 2.45) is 47.3 Å². The van der Waals surface area contributed by atoms with Gasteiger partial charge in [0, 0.05) is 5.92 Å². The zero-order chi connectivity index (χ0) is 16.9. The summed E-state index contributed by atoms with van der Waals surface area (Å²) < 4.78 is 0. The topological polar surface area (TPSA) is 44.0 Å². The van der Waals surface area contributed by atoms with E-state index in [0.717, 1.165) is 54.8 Å². The molecule has 2 nitrogen and oxygen atoms in total. The van der Waals surface area contributed by atoms with Crippen molar-refractivity contribution in [2.45, 2.75) is 83.7 Å². The molecule has 4 saturated carbocycles. The predicted molar refractivity (Wildman–Crippen MR) is 96.0 cm³/mol. The summed E-state index contributed by atoms with van der Waals surface area (Å²) in [5, 5.41) is 20.3. The number of hydrogen-bond donors (Lipinski definition) is 1. The third-order valence-electron chi connectivity index (χ3n) is 8.57. The van der Waals surface area contributed by atoms with E-state index in [9.17, 15) is 10.4 Å². The van der Waals surface area contributed by atoms with Crippen molar-refractivity contribution in [3.8, 4) is 6.07 Å². The number of hydrogen-bond acceptors (Lipinski definition) is 2. The van der Waals surface area contributed by atoms with Crippen LogP contribution in [0.2, 0.25) is 0 Å². The summed E-state index contributed by atoms with van der Waals surface area (Å²) in [7, 11) is 0. The summed E-state index contributed by atoms with van der Waals surface area (Å²) in [5.74, 6) is 5.90. The van der Waals surface area contributed by atoms with Gasteiger partial charge in [-0.2, -0.15) is 5.26 Å². The number of rotatable bonds is 0. The van der Waals surface area contributed by atoms with Crippen LogP contribution in [0.3, 0.4) is 0 Å². The molecule has 0 bridgehead atoms. The van der Waals surface area contributed by atoms with Crippen molar-refractivity contribution in [1.82, 2.24) is 0 Å². The van der Waals surface area contributed by atoms with E-state index in [0.29, 0.717) is 11.8 Å². The monoisotopic (exact) mass is 329 g/mol. The molecule has 0 aromatic rings. The first kappa shape index (κ1) is 16.9. The van der Waals surface area contributed by atoms with Crippen LogP contribution in [0.25, 0.3) is 0 Å². The lowest BCUT2D eigenvalue weighted by Gasteiger charge is -2.56. The lowest BCUT2D eigenvalue weighted by atomic mass is 9.49. The van der Waals surface area contributed by atoms with Gasteiger partial charge in [0.15, 0.2) is 0 Å². The van der Waals surface area contributed by atoms with E-state index in [1.165, 1.54) is 44.9 Å².